The molecule has 0 spiro atoms. The summed E-state index contributed by atoms with van der Waals surface area (Å²) in [5.74, 6) is -3.69. The first-order valence-corrected chi connectivity index (χ1v) is 6.98. The second kappa shape index (κ2) is 7.21. The topological polar surface area (TPSA) is 35.5 Å². The van der Waals surface area contributed by atoms with E-state index in [1.807, 2.05) is 0 Å². The highest BCUT2D eigenvalue weighted by atomic mass is 19.2. The first kappa shape index (κ1) is 17.6. The average Bonchev–Trinajstić information content (AvgIpc) is 2.55. The van der Waals surface area contributed by atoms with Gasteiger partial charge in [0.05, 0.1) is 7.11 Å². The summed E-state index contributed by atoms with van der Waals surface area (Å²) in [6.45, 7) is 4.42. The molecule has 0 bridgehead atoms. The second-order valence-corrected chi connectivity index (χ2v) is 5.11. The minimum absolute atomic E-state index is 0.00274. The fourth-order valence-corrected chi connectivity index (χ4v) is 2.02. The van der Waals surface area contributed by atoms with Gasteiger partial charge in [0, 0.05) is 16.7 Å². The summed E-state index contributed by atoms with van der Waals surface area (Å²) in [6, 6.07) is 6.37. The van der Waals surface area contributed by atoms with Gasteiger partial charge in [-0.3, -0.25) is 0 Å². The summed E-state index contributed by atoms with van der Waals surface area (Å²) >= 11 is 0. The molecule has 0 saturated carbocycles. The number of methoxy groups -OCH3 is 1. The molecule has 3 nitrogen and oxygen atoms in total. The molecule has 24 heavy (non-hydrogen) atoms. The third kappa shape index (κ3) is 3.59. The van der Waals surface area contributed by atoms with E-state index in [9.17, 15) is 18.0 Å². The average molecular weight is 336 g/mol. The summed E-state index contributed by atoms with van der Waals surface area (Å²) in [5.41, 5.74) is 0.0836. The first-order chi connectivity index (χ1) is 11.3. The molecule has 2 aromatic rings. The Kier molecular flexibility index (Phi) is 5.28. The molecule has 2 rings (SSSR count). The van der Waals surface area contributed by atoms with Crippen LogP contribution in [0, 0.1) is 17.5 Å². The minimum atomic E-state index is -1.15. The second-order valence-electron chi connectivity index (χ2n) is 5.11. The Morgan fingerprint density at radius 3 is 2.42 bits per heavy atom. The molecule has 2 aromatic carbocycles. The minimum Gasteiger partial charge on any atom is -0.494 e. The third-order valence-electron chi connectivity index (χ3n) is 3.33. The fourth-order valence-electron chi connectivity index (χ4n) is 2.02. The normalized spacial score (nSPS) is 10.4. The number of halogens is 3. The lowest BCUT2D eigenvalue weighted by atomic mass is 10.0. The molecule has 126 valence electrons. The van der Waals surface area contributed by atoms with Crippen LogP contribution in [0.15, 0.2) is 42.5 Å². The molecule has 0 unspecified atom stereocenters. The van der Waals surface area contributed by atoms with E-state index in [4.69, 9.17) is 9.47 Å². The number of carbonyl (C=O) groups excluding carboxylic acids is 1. The molecule has 0 heterocycles. The van der Waals surface area contributed by atoms with E-state index in [0.29, 0.717) is 0 Å². The van der Waals surface area contributed by atoms with Gasteiger partial charge in [0.15, 0.2) is 23.2 Å². The van der Waals surface area contributed by atoms with E-state index < -0.39 is 30.0 Å². The van der Waals surface area contributed by atoms with Crippen molar-refractivity contribution in [1.29, 1.82) is 0 Å². The van der Waals surface area contributed by atoms with E-state index in [2.05, 4.69) is 6.58 Å². The van der Waals surface area contributed by atoms with E-state index in [-0.39, 0.29) is 28.0 Å². The van der Waals surface area contributed by atoms with Gasteiger partial charge in [0.2, 0.25) is 0 Å². The molecule has 0 radical (unpaired) electrons. The SMILES string of the molecule is C=C(C)C(=O)OCc1ccc(-c2ccc(OC)c(F)c2)c(F)c1F. The van der Waals surface area contributed by atoms with Crippen LogP contribution < -0.4 is 4.74 Å². The zero-order valence-corrected chi connectivity index (χ0v) is 13.2. The molecule has 0 atom stereocenters. The largest absolute Gasteiger partial charge is 0.494 e. The van der Waals surface area contributed by atoms with Crippen LogP contribution in [0.2, 0.25) is 0 Å². The zero-order chi connectivity index (χ0) is 17.9. The van der Waals surface area contributed by atoms with Crippen LogP contribution in [0.4, 0.5) is 13.2 Å². The van der Waals surface area contributed by atoms with E-state index >= 15 is 0 Å². The van der Waals surface area contributed by atoms with Crippen LogP contribution in [0.5, 0.6) is 5.75 Å². The van der Waals surface area contributed by atoms with Crippen molar-refractivity contribution in [3.8, 4) is 16.9 Å². The lowest BCUT2D eigenvalue weighted by Gasteiger charge is -2.10. The standard InChI is InChI=1S/C18H15F3O3/c1-10(2)18(22)24-9-12-4-6-13(17(21)16(12)20)11-5-7-15(23-3)14(19)8-11/h4-8H,1,9H2,2-3H3. The first-order valence-electron chi connectivity index (χ1n) is 6.98. The Balaban J connectivity index is 2.31. The Bertz CT molecular complexity index is 800. The monoisotopic (exact) mass is 336 g/mol. The van der Waals surface area contributed by atoms with Crippen LogP contribution in [0.1, 0.15) is 12.5 Å². The fraction of sp³-hybridized carbons (Fsp3) is 0.167. The van der Waals surface area contributed by atoms with Crippen molar-refractivity contribution >= 4 is 5.97 Å². The quantitative estimate of drug-likeness (QED) is 0.600. The number of carbonyl (C=O) groups is 1. The molecule has 0 fully saturated rings. The van der Waals surface area contributed by atoms with Gasteiger partial charge in [0.1, 0.15) is 6.61 Å². The highest BCUT2D eigenvalue weighted by Gasteiger charge is 2.17. The molecule has 6 heteroatoms. The highest BCUT2D eigenvalue weighted by Crippen LogP contribution is 2.30. The van der Waals surface area contributed by atoms with Crippen molar-refractivity contribution in [2.45, 2.75) is 13.5 Å². The van der Waals surface area contributed by atoms with E-state index in [1.54, 1.807) is 0 Å². The van der Waals surface area contributed by atoms with Crippen molar-refractivity contribution in [1.82, 2.24) is 0 Å². The highest BCUT2D eigenvalue weighted by molar-refractivity contribution is 5.86. The van der Waals surface area contributed by atoms with Crippen LogP contribution in [-0.4, -0.2) is 13.1 Å². The maximum absolute atomic E-state index is 14.3. The zero-order valence-electron chi connectivity index (χ0n) is 13.2. The number of ether oxygens (including phenoxy) is 2. The Labute approximate surface area is 137 Å². The van der Waals surface area contributed by atoms with Crippen molar-refractivity contribution in [2.24, 2.45) is 0 Å². The number of rotatable bonds is 5. The van der Waals surface area contributed by atoms with Gasteiger partial charge in [-0.05, 0) is 24.6 Å². The molecule has 0 aliphatic rings. The van der Waals surface area contributed by atoms with Crippen molar-refractivity contribution < 1.29 is 27.4 Å². The number of benzene rings is 2. The van der Waals surface area contributed by atoms with E-state index in [0.717, 1.165) is 6.07 Å². The number of hydrogen-bond acceptors (Lipinski definition) is 3. The van der Waals surface area contributed by atoms with Crippen LogP contribution in [0.25, 0.3) is 11.1 Å². The lowest BCUT2D eigenvalue weighted by molar-refractivity contribution is -0.140. The molecular weight excluding hydrogens is 321 g/mol. The molecule has 0 saturated heterocycles. The van der Waals surface area contributed by atoms with Crippen molar-refractivity contribution in [3.63, 3.8) is 0 Å². The van der Waals surface area contributed by atoms with Gasteiger partial charge in [-0.1, -0.05) is 24.8 Å². The van der Waals surface area contributed by atoms with Gasteiger partial charge in [0.25, 0.3) is 0 Å². The molecule has 0 aliphatic carbocycles. The van der Waals surface area contributed by atoms with Gasteiger partial charge in [-0.15, -0.1) is 0 Å². The third-order valence-corrected chi connectivity index (χ3v) is 3.33. The Morgan fingerprint density at radius 2 is 1.83 bits per heavy atom. The smallest absolute Gasteiger partial charge is 0.333 e. The summed E-state index contributed by atoms with van der Waals surface area (Å²) in [6.07, 6.45) is 0. The van der Waals surface area contributed by atoms with Crippen molar-refractivity contribution in [3.05, 3.63) is 65.5 Å². The van der Waals surface area contributed by atoms with Gasteiger partial charge >= 0.3 is 5.97 Å². The molecule has 0 N–H and O–H groups in total. The predicted molar refractivity (Wildman–Crippen MR) is 82.9 cm³/mol. The summed E-state index contributed by atoms with van der Waals surface area (Å²) < 4.78 is 51.7. The van der Waals surface area contributed by atoms with Crippen molar-refractivity contribution in [2.75, 3.05) is 7.11 Å². The molecule has 0 amide bonds. The van der Waals surface area contributed by atoms with Crippen LogP contribution in [0.3, 0.4) is 0 Å². The van der Waals surface area contributed by atoms with E-state index in [1.165, 1.54) is 38.3 Å². The number of esters is 1. The molecule has 0 aromatic heterocycles. The lowest BCUT2D eigenvalue weighted by Crippen LogP contribution is -2.07. The summed E-state index contributed by atoms with van der Waals surface area (Å²) in [5, 5.41) is 0. The van der Waals surface area contributed by atoms with Gasteiger partial charge in [-0.25, -0.2) is 18.0 Å². The Hall–Kier alpha value is -2.76. The van der Waals surface area contributed by atoms with Gasteiger partial charge < -0.3 is 9.47 Å². The Morgan fingerprint density at radius 1 is 1.12 bits per heavy atom. The maximum atomic E-state index is 14.3. The predicted octanol–water partition coefficient (Wildman–Crippen LogP) is 4.40. The number of hydrogen-bond donors (Lipinski definition) is 0. The van der Waals surface area contributed by atoms with Crippen LogP contribution >= 0.6 is 0 Å². The van der Waals surface area contributed by atoms with Crippen LogP contribution in [-0.2, 0) is 16.1 Å². The summed E-state index contributed by atoms with van der Waals surface area (Å²) in [7, 11) is 1.30. The molecule has 0 aliphatic heterocycles. The van der Waals surface area contributed by atoms with Gasteiger partial charge in [-0.2, -0.15) is 0 Å². The summed E-state index contributed by atoms with van der Waals surface area (Å²) in [4.78, 5) is 11.3. The maximum Gasteiger partial charge on any atom is 0.333 e. The molecular formula is C18H15F3O3.